The molecule has 218 valence electrons. The van der Waals surface area contributed by atoms with E-state index in [4.69, 9.17) is 20.0 Å². The average molecular weight is 580 g/mol. The number of aliphatic hydroxyl groups is 1. The fourth-order valence-electron chi connectivity index (χ4n) is 2.91. The monoisotopic (exact) mass is 580 g/mol. The lowest BCUT2D eigenvalue weighted by Crippen LogP contribution is -2.28. The first-order chi connectivity index (χ1) is 19.3. The molecule has 0 unspecified atom stereocenters. The highest BCUT2D eigenvalue weighted by molar-refractivity contribution is 5.40. The van der Waals surface area contributed by atoms with Crippen molar-refractivity contribution in [3.05, 3.63) is 116 Å². The lowest BCUT2D eigenvalue weighted by molar-refractivity contribution is -0.612. The molecule has 0 amide bonds. The van der Waals surface area contributed by atoms with Gasteiger partial charge in [-0.05, 0) is 50.6 Å². The molecule has 0 bridgehead atoms. The van der Waals surface area contributed by atoms with Crippen molar-refractivity contribution >= 4 is 5.69 Å². The van der Waals surface area contributed by atoms with Gasteiger partial charge in [0.1, 0.15) is 17.7 Å². The van der Waals surface area contributed by atoms with Crippen LogP contribution in [0.15, 0.2) is 60.9 Å². The number of halogens is 4. The summed E-state index contributed by atoms with van der Waals surface area (Å²) in [6, 6.07) is 7.43. The van der Waals surface area contributed by atoms with Crippen molar-refractivity contribution in [3.63, 3.8) is 0 Å². The third-order valence-electron chi connectivity index (χ3n) is 4.84. The molecule has 0 fully saturated rings. The number of pyridine rings is 2. The van der Waals surface area contributed by atoms with Gasteiger partial charge in [0.25, 0.3) is 5.69 Å². The minimum atomic E-state index is -1.02. The summed E-state index contributed by atoms with van der Waals surface area (Å²) in [5.74, 6) is -4.68. The summed E-state index contributed by atoms with van der Waals surface area (Å²) in [6.45, 7) is 4.95. The lowest BCUT2D eigenvalue weighted by Gasteiger charge is -2.10. The van der Waals surface area contributed by atoms with E-state index in [1.54, 1.807) is 13.8 Å². The molecule has 0 spiro atoms. The molecule has 0 saturated carbocycles. The van der Waals surface area contributed by atoms with Gasteiger partial charge >= 0.3 is 5.88 Å². The van der Waals surface area contributed by atoms with E-state index in [1.807, 2.05) is 0 Å². The number of aromatic nitrogens is 2. The van der Waals surface area contributed by atoms with Gasteiger partial charge in [0.2, 0.25) is 5.88 Å². The van der Waals surface area contributed by atoms with Gasteiger partial charge in [-0.1, -0.05) is 0 Å². The van der Waals surface area contributed by atoms with Gasteiger partial charge in [0.05, 0.1) is 22.0 Å². The molecular formula is C26H24F4N4O7. The van der Waals surface area contributed by atoms with Gasteiger partial charge in [0.15, 0.2) is 29.3 Å². The van der Waals surface area contributed by atoms with Gasteiger partial charge in [-0.3, -0.25) is 10.1 Å². The second-order valence-corrected chi connectivity index (χ2v) is 7.99. The first kappa shape index (κ1) is 32.0. The molecule has 3 N–H and O–H groups in total. The number of benzene rings is 2. The number of rotatable bonds is 5. The number of ether oxygens (including phenoxy) is 2. The zero-order chi connectivity index (χ0) is 30.9. The number of aryl methyl sites for hydroxylation is 2. The van der Waals surface area contributed by atoms with Crippen LogP contribution in [0, 0.1) is 57.8 Å². The first-order valence-electron chi connectivity index (χ1n) is 11.5. The molecular weight excluding hydrogens is 556 g/mol. The quantitative estimate of drug-likeness (QED) is 0.0732. The number of nitro groups is 1. The van der Waals surface area contributed by atoms with E-state index in [0.29, 0.717) is 22.4 Å². The lowest BCUT2D eigenvalue weighted by atomic mass is 10.2. The van der Waals surface area contributed by atoms with Crippen molar-refractivity contribution < 1.29 is 47.0 Å². The Morgan fingerprint density at radius 1 is 0.951 bits per heavy atom. The Morgan fingerprint density at radius 3 is 1.95 bits per heavy atom. The summed E-state index contributed by atoms with van der Waals surface area (Å²) in [7, 11) is 0. The van der Waals surface area contributed by atoms with Gasteiger partial charge in [0, 0.05) is 24.8 Å². The van der Waals surface area contributed by atoms with Crippen molar-refractivity contribution in [1.82, 2.24) is 4.73 Å². The second-order valence-electron chi connectivity index (χ2n) is 7.99. The molecule has 2 aromatic heterocycles. The molecule has 0 aliphatic rings. The molecule has 0 saturated heterocycles. The summed E-state index contributed by atoms with van der Waals surface area (Å²) < 4.78 is 63.1. The van der Waals surface area contributed by atoms with Crippen molar-refractivity contribution in [1.29, 1.82) is 5.41 Å². The predicted octanol–water partition coefficient (Wildman–Crippen LogP) is 5.19. The third-order valence-corrected chi connectivity index (χ3v) is 4.84. The largest absolute Gasteiger partial charge is 0.616 e. The van der Waals surface area contributed by atoms with E-state index in [2.05, 4.69) is 0 Å². The number of hydrogen-bond donors (Lipinski definition) is 3. The van der Waals surface area contributed by atoms with Crippen LogP contribution >= 0.6 is 0 Å². The minimum absolute atomic E-state index is 0.129. The smallest absolute Gasteiger partial charge is 0.392 e. The van der Waals surface area contributed by atoms with E-state index >= 15 is 0 Å². The minimum Gasteiger partial charge on any atom is -0.616 e. The van der Waals surface area contributed by atoms with Crippen LogP contribution in [0.3, 0.4) is 0 Å². The Morgan fingerprint density at radius 2 is 1.46 bits per heavy atom. The van der Waals surface area contributed by atoms with Crippen LogP contribution in [0.4, 0.5) is 23.2 Å². The SMILES string of the molecule is CCO.Cc1c[n+]([O-])c(Oc2ccc(F)cc2F)cc1[N+](=O)[O-].Cc1cn(O)c(Oc2ccc(F)cc2F)cc1=N. The Balaban J connectivity index is 0.000000263. The van der Waals surface area contributed by atoms with E-state index in [0.717, 1.165) is 36.5 Å². The van der Waals surface area contributed by atoms with Crippen molar-refractivity contribution in [2.75, 3.05) is 6.61 Å². The van der Waals surface area contributed by atoms with Gasteiger partial charge in [-0.15, -0.1) is 4.73 Å². The molecule has 41 heavy (non-hydrogen) atoms. The van der Waals surface area contributed by atoms with Gasteiger partial charge in [-0.2, -0.15) is 4.73 Å². The highest BCUT2D eigenvalue weighted by Crippen LogP contribution is 2.27. The topological polar surface area (TPSA) is 158 Å². The van der Waals surface area contributed by atoms with E-state index < -0.39 is 39.8 Å². The summed E-state index contributed by atoms with van der Waals surface area (Å²) in [4.78, 5) is 10.1. The van der Waals surface area contributed by atoms with Crippen LogP contribution in [0.5, 0.6) is 23.3 Å². The normalized spacial score (nSPS) is 10.0. The standard InChI is InChI=1S/C12H8F2N2O4.C12H10F2N2O2.C2H6O/c1-7-6-15(17)12(5-10(7)16(18)19)20-11-3-2-8(13)4-9(11)14;1-7-6-16(17)12(5-10(7)15)18-11-3-2-8(13)4-9(11)14;1-2-3/h2-6H,1H3;2-6,15,17H,1H3;3H,2H2,1H3. The molecule has 4 rings (SSSR count). The predicted molar refractivity (Wildman–Crippen MR) is 135 cm³/mol. The molecule has 15 heteroatoms. The fraction of sp³-hybridized carbons (Fsp3) is 0.154. The van der Waals surface area contributed by atoms with Crippen LogP contribution in [0.1, 0.15) is 18.1 Å². The molecule has 0 aliphatic carbocycles. The number of hydrogen-bond acceptors (Lipinski definition) is 8. The van der Waals surface area contributed by atoms with E-state index in [-0.39, 0.29) is 39.6 Å². The van der Waals surface area contributed by atoms with E-state index in [1.165, 1.54) is 19.2 Å². The number of nitrogens with zero attached hydrogens (tertiary/aromatic N) is 3. The zero-order valence-electron chi connectivity index (χ0n) is 21.8. The summed E-state index contributed by atoms with van der Waals surface area (Å²) in [5, 5.41) is 47.1. The zero-order valence-corrected chi connectivity index (χ0v) is 21.8. The average Bonchev–Trinajstić information content (AvgIpc) is 2.88. The van der Waals surface area contributed by atoms with Crippen LogP contribution in [-0.4, -0.2) is 26.6 Å². The Hall–Kier alpha value is -5.18. The van der Waals surface area contributed by atoms with Crippen LogP contribution in [-0.2, 0) is 0 Å². The van der Waals surface area contributed by atoms with Crippen LogP contribution in [0.2, 0.25) is 0 Å². The molecule has 2 aromatic carbocycles. The van der Waals surface area contributed by atoms with Crippen LogP contribution < -0.4 is 19.6 Å². The number of nitrogens with one attached hydrogen (secondary N) is 1. The molecule has 0 atom stereocenters. The summed E-state index contributed by atoms with van der Waals surface area (Å²) in [5.41, 5.74) is 0.330. The van der Waals surface area contributed by atoms with Crippen molar-refractivity contribution in [2.24, 2.45) is 0 Å². The second kappa shape index (κ2) is 14.3. The van der Waals surface area contributed by atoms with Gasteiger partial charge < -0.3 is 30.4 Å². The number of aliphatic hydroxyl groups excluding tert-OH is 1. The Bertz CT molecular complexity index is 1600. The molecule has 4 aromatic rings. The Labute approximate surface area is 229 Å². The first-order valence-corrected chi connectivity index (χ1v) is 11.5. The molecule has 11 nitrogen and oxygen atoms in total. The maximum absolute atomic E-state index is 13.4. The van der Waals surface area contributed by atoms with Gasteiger partial charge in [-0.25, -0.2) is 17.6 Å². The highest BCUT2D eigenvalue weighted by atomic mass is 19.1. The van der Waals surface area contributed by atoms with Crippen molar-refractivity contribution in [3.8, 4) is 23.3 Å². The maximum Gasteiger partial charge on any atom is 0.392 e. The van der Waals surface area contributed by atoms with Crippen molar-refractivity contribution in [2.45, 2.75) is 20.8 Å². The summed E-state index contributed by atoms with van der Waals surface area (Å²) in [6.07, 6.45) is 2.20. The molecule has 2 heterocycles. The summed E-state index contributed by atoms with van der Waals surface area (Å²) >= 11 is 0. The van der Waals surface area contributed by atoms with Crippen LogP contribution in [0.25, 0.3) is 0 Å². The maximum atomic E-state index is 13.4. The molecule has 0 radical (unpaired) electrons. The Kier molecular flexibility index (Phi) is 11.2. The van der Waals surface area contributed by atoms with E-state index in [9.17, 15) is 38.1 Å². The molecule has 0 aliphatic heterocycles. The highest BCUT2D eigenvalue weighted by Gasteiger charge is 2.21. The third kappa shape index (κ3) is 8.93. The fourth-order valence-corrected chi connectivity index (χ4v) is 2.91.